The van der Waals surface area contributed by atoms with Crippen molar-refractivity contribution < 1.29 is 9.53 Å². The molecule has 0 fully saturated rings. The van der Waals surface area contributed by atoms with E-state index in [1.54, 1.807) is 36.1 Å². The number of rotatable bonds is 5. The fraction of sp³-hybridized carbons (Fsp3) is 0.231. The summed E-state index contributed by atoms with van der Waals surface area (Å²) in [4.78, 5) is 15.6. The minimum atomic E-state index is -0.289. The van der Waals surface area contributed by atoms with E-state index in [1.807, 2.05) is 18.2 Å². The first-order chi connectivity index (χ1) is 8.79. The molecule has 0 N–H and O–H groups in total. The van der Waals surface area contributed by atoms with Gasteiger partial charge in [-0.15, -0.1) is 11.3 Å². The second-order valence-electron chi connectivity index (χ2n) is 3.41. The second kappa shape index (κ2) is 6.56. The average molecular weight is 279 g/mol. The number of carbonyl (C=O) groups is 1. The number of hydrogen-bond acceptors (Lipinski definition) is 5. The van der Waals surface area contributed by atoms with Crippen molar-refractivity contribution in [3.05, 3.63) is 36.4 Å². The van der Waals surface area contributed by atoms with Gasteiger partial charge in [-0.05, 0) is 19.1 Å². The highest BCUT2D eigenvalue weighted by Gasteiger charge is 2.02. The molecular weight excluding hydrogens is 266 g/mol. The first-order valence-corrected chi connectivity index (χ1v) is 7.41. The van der Waals surface area contributed by atoms with Gasteiger partial charge in [0.25, 0.3) is 0 Å². The minimum Gasteiger partial charge on any atom is -0.463 e. The Kier molecular flexibility index (Phi) is 4.78. The second-order valence-corrected chi connectivity index (χ2v) is 5.71. The maximum Gasteiger partial charge on any atom is 0.330 e. The lowest BCUT2D eigenvalue weighted by Gasteiger charge is -1.94. The van der Waals surface area contributed by atoms with E-state index in [-0.39, 0.29) is 5.97 Å². The van der Waals surface area contributed by atoms with Crippen LogP contribution in [0.3, 0.4) is 0 Å². The number of nitrogens with zero attached hydrogens (tertiary/aromatic N) is 1. The predicted octanol–water partition coefficient (Wildman–Crippen LogP) is 3.51. The van der Waals surface area contributed by atoms with Crippen LogP contribution in [0.15, 0.2) is 40.8 Å². The monoisotopic (exact) mass is 279 g/mol. The van der Waals surface area contributed by atoms with Gasteiger partial charge in [0.2, 0.25) is 0 Å². The topological polar surface area (TPSA) is 39.2 Å². The van der Waals surface area contributed by atoms with E-state index >= 15 is 0 Å². The molecule has 2 aromatic rings. The van der Waals surface area contributed by atoms with Crippen LogP contribution in [-0.2, 0) is 9.53 Å². The smallest absolute Gasteiger partial charge is 0.330 e. The number of esters is 1. The minimum absolute atomic E-state index is 0.289. The summed E-state index contributed by atoms with van der Waals surface area (Å²) in [6.07, 6.45) is 3.26. The van der Waals surface area contributed by atoms with Crippen molar-refractivity contribution in [1.82, 2.24) is 4.98 Å². The number of hydrogen-bond donors (Lipinski definition) is 0. The van der Waals surface area contributed by atoms with E-state index in [4.69, 9.17) is 4.74 Å². The maximum absolute atomic E-state index is 11.1. The molecule has 5 heteroatoms. The van der Waals surface area contributed by atoms with Gasteiger partial charge in [-0.25, -0.2) is 9.78 Å². The zero-order chi connectivity index (χ0) is 12.8. The van der Waals surface area contributed by atoms with Gasteiger partial charge in [0.05, 0.1) is 16.8 Å². The van der Waals surface area contributed by atoms with Crippen LogP contribution in [0, 0.1) is 0 Å². The van der Waals surface area contributed by atoms with Crippen LogP contribution in [0.1, 0.15) is 6.92 Å². The molecule has 0 saturated carbocycles. The molecular formula is C13H13NO2S2. The van der Waals surface area contributed by atoms with Gasteiger partial charge in [-0.1, -0.05) is 30.0 Å². The van der Waals surface area contributed by atoms with Gasteiger partial charge in [-0.3, -0.25) is 0 Å². The van der Waals surface area contributed by atoms with Crippen molar-refractivity contribution in [1.29, 1.82) is 0 Å². The Balaban J connectivity index is 1.88. The van der Waals surface area contributed by atoms with Crippen molar-refractivity contribution in [2.75, 3.05) is 12.4 Å². The van der Waals surface area contributed by atoms with Crippen LogP contribution in [0.4, 0.5) is 0 Å². The van der Waals surface area contributed by atoms with E-state index in [9.17, 15) is 4.79 Å². The Morgan fingerprint density at radius 1 is 1.50 bits per heavy atom. The van der Waals surface area contributed by atoms with E-state index in [1.165, 1.54) is 10.8 Å². The largest absolute Gasteiger partial charge is 0.463 e. The summed E-state index contributed by atoms with van der Waals surface area (Å²) in [5, 5.41) is 0. The summed E-state index contributed by atoms with van der Waals surface area (Å²) in [6.45, 7) is 2.20. The molecule has 1 aromatic carbocycles. The first-order valence-electron chi connectivity index (χ1n) is 5.61. The van der Waals surface area contributed by atoms with Crippen molar-refractivity contribution in [3.63, 3.8) is 0 Å². The van der Waals surface area contributed by atoms with Crippen molar-refractivity contribution >= 4 is 39.3 Å². The van der Waals surface area contributed by atoms with E-state index in [2.05, 4.69) is 11.1 Å². The zero-order valence-electron chi connectivity index (χ0n) is 9.96. The molecule has 0 bridgehead atoms. The number of para-hydroxylation sites is 1. The summed E-state index contributed by atoms with van der Waals surface area (Å²) in [7, 11) is 0. The molecule has 0 spiro atoms. The number of thiazole rings is 1. The molecule has 0 aliphatic rings. The fourth-order valence-electron chi connectivity index (χ4n) is 1.37. The summed E-state index contributed by atoms with van der Waals surface area (Å²) in [6, 6.07) is 8.06. The first kappa shape index (κ1) is 13.1. The number of fused-ring (bicyclic) bond motifs is 1. The van der Waals surface area contributed by atoms with Gasteiger partial charge in [0.15, 0.2) is 4.34 Å². The molecule has 0 atom stereocenters. The summed E-state index contributed by atoms with van der Waals surface area (Å²) >= 11 is 3.29. The van der Waals surface area contributed by atoms with Gasteiger partial charge in [-0.2, -0.15) is 0 Å². The molecule has 0 aliphatic heterocycles. The highest BCUT2D eigenvalue weighted by atomic mass is 32.2. The molecule has 18 heavy (non-hydrogen) atoms. The SMILES string of the molecule is CCOC(=O)/C=C/CSc1nc2ccccc2s1. The van der Waals surface area contributed by atoms with Crippen LogP contribution >= 0.6 is 23.1 Å². The maximum atomic E-state index is 11.1. The number of aromatic nitrogens is 1. The molecule has 94 valence electrons. The molecule has 0 amide bonds. The molecule has 0 radical (unpaired) electrons. The summed E-state index contributed by atoms with van der Waals surface area (Å²) in [5.41, 5.74) is 1.03. The van der Waals surface area contributed by atoms with Gasteiger partial charge in [0, 0.05) is 11.8 Å². The van der Waals surface area contributed by atoms with E-state index in [0.29, 0.717) is 6.61 Å². The Morgan fingerprint density at radius 2 is 2.33 bits per heavy atom. The number of carbonyl (C=O) groups excluding carboxylic acids is 1. The van der Waals surface area contributed by atoms with Crippen molar-refractivity contribution in [2.45, 2.75) is 11.3 Å². The van der Waals surface area contributed by atoms with E-state index < -0.39 is 0 Å². The number of thioether (sulfide) groups is 1. The zero-order valence-corrected chi connectivity index (χ0v) is 11.6. The number of ether oxygens (including phenoxy) is 1. The highest BCUT2D eigenvalue weighted by Crippen LogP contribution is 2.29. The Morgan fingerprint density at radius 3 is 3.11 bits per heavy atom. The summed E-state index contributed by atoms with van der Waals surface area (Å²) < 4.78 is 7.00. The standard InChI is InChI=1S/C13H13NO2S2/c1-2-16-12(15)8-5-9-17-13-14-10-6-3-4-7-11(10)18-13/h3-8H,2,9H2,1H3/b8-5+. The molecule has 1 heterocycles. The predicted molar refractivity (Wildman–Crippen MR) is 76.1 cm³/mol. The third-order valence-electron chi connectivity index (χ3n) is 2.12. The van der Waals surface area contributed by atoms with Crippen LogP contribution in [-0.4, -0.2) is 23.3 Å². The van der Waals surface area contributed by atoms with E-state index in [0.717, 1.165) is 15.6 Å². The van der Waals surface area contributed by atoms with Crippen molar-refractivity contribution in [2.24, 2.45) is 0 Å². The molecule has 1 aromatic heterocycles. The van der Waals surface area contributed by atoms with Crippen molar-refractivity contribution in [3.8, 4) is 0 Å². The highest BCUT2D eigenvalue weighted by molar-refractivity contribution is 8.01. The molecule has 3 nitrogen and oxygen atoms in total. The van der Waals surface area contributed by atoms with Gasteiger partial charge < -0.3 is 4.74 Å². The van der Waals surface area contributed by atoms with Crippen LogP contribution in [0.25, 0.3) is 10.2 Å². The third-order valence-corrected chi connectivity index (χ3v) is 4.25. The van der Waals surface area contributed by atoms with Crippen LogP contribution in [0.2, 0.25) is 0 Å². The third kappa shape index (κ3) is 3.58. The average Bonchev–Trinajstić information content (AvgIpc) is 2.77. The Bertz CT molecular complexity index is 530. The fourth-order valence-corrected chi connectivity index (χ4v) is 3.27. The van der Waals surface area contributed by atoms with Gasteiger partial charge >= 0.3 is 5.97 Å². The molecule has 0 saturated heterocycles. The van der Waals surface area contributed by atoms with Crippen LogP contribution < -0.4 is 0 Å². The lowest BCUT2D eigenvalue weighted by molar-refractivity contribution is -0.137. The number of benzene rings is 1. The molecule has 2 rings (SSSR count). The summed E-state index contributed by atoms with van der Waals surface area (Å²) in [5.74, 6) is 0.431. The lowest BCUT2D eigenvalue weighted by Crippen LogP contribution is -1.98. The lowest BCUT2D eigenvalue weighted by atomic mass is 10.3. The normalized spacial score (nSPS) is 11.2. The Hall–Kier alpha value is -1.33. The Labute approximate surface area is 114 Å². The van der Waals surface area contributed by atoms with Crippen LogP contribution in [0.5, 0.6) is 0 Å². The quantitative estimate of drug-likeness (QED) is 0.477. The molecule has 0 unspecified atom stereocenters. The molecule has 0 aliphatic carbocycles. The van der Waals surface area contributed by atoms with Gasteiger partial charge in [0.1, 0.15) is 0 Å².